The van der Waals surface area contributed by atoms with Crippen LogP contribution < -0.4 is 11.5 Å². The van der Waals surface area contributed by atoms with Crippen molar-refractivity contribution in [1.82, 2.24) is 4.98 Å². The highest BCUT2D eigenvalue weighted by Crippen LogP contribution is 2.37. The van der Waals surface area contributed by atoms with Crippen LogP contribution in [-0.2, 0) is 6.42 Å². The van der Waals surface area contributed by atoms with E-state index >= 15 is 0 Å². The van der Waals surface area contributed by atoms with Gasteiger partial charge in [-0.1, -0.05) is 58.1 Å². The molecular formula is C16H15BrN4S. The maximum Gasteiger partial charge on any atom is 0.180 e. The molecule has 1 aliphatic carbocycles. The first-order valence-electron chi connectivity index (χ1n) is 6.80. The monoisotopic (exact) mass is 374 g/mol. The van der Waals surface area contributed by atoms with Crippen molar-refractivity contribution in [2.75, 3.05) is 5.73 Å². The summed E-state index contributed by atoms with van der Waals surface area (Å²) in [6, 6.07) is 7.75. The van der Waals surface area contributed by atoms with Gasteiger partial charge in [0.1, 0.15) is 5.84 Å². The summed E-state index contributed by atoms with van der Waals surface area (Å²) in [5, 5.41) is 0.558. The van der Waals surface area contributed by atoms with E-state index in [1.165, 1.54) is 11.3 Å². The van der Waals surface area contributed by atoms with Gasteiger partial charge in [-0.3, -0.25) is 0 Å². The Morgan fingerprint density at radius 1 is 1.36 bits per heavy atom. The highest BCUT2D eigenvalue weighted by Gasteiger charge is 2.22. The largest absolute Gasteiger partial charge is 0.383 e. The lowest BCUT2D eigenvalue weighted by atomic mass is 9.98. The van der Waals surface area contributed by atoms with Gasteiger partial charge in [0.25, 0.3) is 0 Å². The van der Waals surface area contributed by atoms with Gasteiger partial charge in [-0.05, 0) is 24.5 Å². The molecule has 0 fully saturated rings. The number of amidine groups is 1. The summed E-state index contributed by atoms with van der Waals surface area (Å²) in [6.45, 7) is 3.89. The molecule has 0 atom stereocenters. The third-order valence-corrected chi connectivity index (χ3v) is 5.12. The van der Waals surface area contributed by atoms with Crippen LogP contribution in [0.1, 0.15) is 22.6 Å². The van der Waals surface area contributed by atoms with Gasteiger partial charge in [-0.25, -0.2) is 9.98 Å². The summed E-state index contributed by atoms with van der Waals surface area (Å²) in [4.78, 5) is 10.0. The van der Waals surface area contributed by atoms with Crippen LogP contribution in [0.3, 0.4) is 0 Å². The van der Waals surface area contributed by atoms with Crippen molar-refractivity contribution in [2.45, 2.75) is 12.8 Å². The number of nitrogens with zero attached hydrogens (tertiary/aromatic N) is 2. The minimum absolute atomic E-state index is 0.460. The zero-order valence-corrected chi connectivity index (χ0v) is 14.2. The third kappa shape index (κ3) is 2.71. The molecule has 0 unspecified atom stereocenters. The number of rotatable bonds is 3. The summed E-state index contributed by atoms with van der Waals surface area (Å²) >= 11 is 4.95. The summed E-state index contributed by atoms with van der Waals surface area (Å²) < 4.78 is 0.914. The van der Waals surface area contributed by atoms with E-state index in [1.54, 1.807) is 0 Å². The van der Waals surface area contributed by atoms with Crippen molar-refractivity contribution in [1.29, 1.82) is 0 Å². The van der Waals surface area contributed by atoms with Crippen LogP contribution in [0.5, 0.6) is 0 Å². The molecular weight excluding hydrogens is 360 g/mol. The first-order valence-corrected chi connectivity index (χ1v) is 8.41. The molecule has 2 aromatic rings. The Bertz CT molecular complexity index is 804. The van der Waals surface area contributed by atoms with E-state index in [1.807, 2.05) is 30.3 Å². The highest BCUT2D eigenvalue weighted by atomic mass is 79.9. The van der Waals surface area contributed by atoms with Crippen molar-refractivity contribution in [3.8, 4) is 0 Å². The number of nitrogens with two attached hydrogens (primary N) is 2. The molecule has 0 bridgehead atoms. The molecule has 0 radical (unpaired) electrons. The van der Waals surface area contributed by atoms with E-state index in [-0.39, 0.29) is 0 Å². The molecule has 1 heterocycles. The average molecular weight is 375 g/mol. The van der Waals surface area contributed by atoms with E-state index in [2.05, 4.69) is 32.5 Å². The first kappa shape index (κ1) is 15.0. The average Bonchev–Trinajstić information content (AvgIpc) is 2.88. The van der Waals surface area contributed by atoms with E-state index in [0.29, 0.717) is 11.0 Å². The van der Waals surface area contributed by atoms with Gasteiger partial charge in [0, 0.05) is 10.0 Å². The number of anilines is 1. The van der Waals surface area contributed by atoms with E-state index < -0.39 is 0 Å². The molecule has 22 heavy (non-hydrogen) atoms. The number of aliphatic imine (C=N–C) groups is 1. The molecule has 4 N–H and O–H groups in total. The first-order chi connectivity index (χ1) is 10.6. The van der Waals surface area contributed by atoms with Crippen LogP contribution in [0.25, 0.3) is 5.70 Å². The molecule has 0 saturated heterocycles. The van der Waals surface area contributed by atoms with Crippen LogP contribution in [0.15, 0.2) is 52.0 Å². The topological polar surface area (TPSA) is 77.3 Å². The van der Waals surface area contributed by atoms with Crippen molar-refractivity contribution in [3.63, 3.8) is 0 Å². The smallest absolute Gasteiger partial charge is 0.180 e. The van der Waals surface area contributed by atoms with Gasteiger partial charge < -0.3 is 11.5 Å². The highest BCUT2D eigenvalue weighted by molar-refractivity contribution is 9.10. The second-order valence-electron chi connectivity index (χ2n) is 4.88. The fourth-order valence-electron chi connectivity index (χ4n) is 2.41. The zero-order valence-electron chi connectivity index (χ0n) is 11.8. The van der Waals surface area contributed by atoms with Crippen molar-refractivity contribution in [3.05, 3.63) is 63.1 Å². The normalized spacial score (nSPS) is 14.9. The minimum Gasteiger partial charge on any atom is -0.383 e. The Morgan fingerprint density at radius 2 is 2.14 bits per heavy atom. The molecule has 0 aliphatic heterocycles. The number of fused-ring (bicyclic) bond motifs is 1. The quantitative estimate of drug-likeness (QED) is 0.634. The van der Waals surface area contributed by atoms with Gasteiger partial charge in [0.15, 0.2) is 5.13 Å². The Kier molecular flexibility index (Phi) is 4.13. The van der Waals surface area contributed by atoms with E-state index in [9.17, 15) is 0 Å². The maximum absolute atomic E-state index is 6.21. The number of benzene rings is 1. The Balaban J connectivity index is 2.12. The standard InChI is InChI=1S/C16H15BrN4S/c1-2-9-7-8-12-14(22-16(19)20-12)13(9)21-15(18)10-5-3-4-6-11(10)17/h2-6H,1,7-8H2,(H2,18,21)(H2,19,20). The van der Waals surface area contributed by atoms with Crippen LogP contribution in [0.2, 0.25) is 0 Å². The summed E-state index contributed by atoms with van der Waals surface area (Å²) in [5.74, 6) is 0.460. The zero-order chi connectivity index (χ0) is 15.7. The number of hydrogen-bond donors (Lipinski definition) is 2. The molecule has 1 aromatic heterocycles. The second-order valence-corrected chi connectivity index (χ2v) is 6.77. The number of aromatic nitrogens is 1. The SMILES string of the molecule is C=CC1=C(N=C(N)c2ccccc2Br)c2sc(N)nc2CC1. The van der Waals surface area contributed by atoms with Crippen molar-refractivity contribution >= 4 is 43.9 Å². The number of halogens is 1. The fourth-order valence-corrected chi connectivity index (χ4v) is 3.80. The number of thiazole rings is 1. The van der Waals surface area contributed by atoms with Crippen LogP contribution in [0, 0.1) is 0 Å². The van der Waals surface area contributed by atoms with Crippen LogP contribution >= 0.6 is 27.3 Å². The van der Waals surface area contributed by atoms with Crippen LogP contribution in [0.4, 0.5) is 5.13 Å². The molecule has 1 aliphatic rings. The molecule has 1 aromatic carbocycles. The number of aryl methyl sites for hydroxylation is 1. The molecule has 4 nitrogen and oxygen atoms in total. The molecule has 3 rings (SSSR count). The van der Waals surface area contributed by atoms with Gasteiger partial charge in [0.05, 0.1) is 16.3 Å². The third-order valence-electron chi connectivity index (χ3n) is 3.49. The predicted molar refractivity (Wildman–Crippen MR) is 96.8 cm³/mol. The lowest BCUT2D eigenvalue weighted by Crippen LogP contribution is -2.15. The number of allylic oxidation sites excluding steroid dienone is 2. The maximum atomic E-state index is 6.21. The Labute approximate surface area is 141 Å². The second kappa shape index (κ2) is 6.06. The Morgan fingerprint density at radius 3 is 2.86 bits per heavy atom. The van der Waals surface area contributed by atoms with Gasteiger partial charge >= 0.3 is 0 Å². The van der Waals surface area contributed by atoms with Crippen LogP contribution in [-0.4, -0.2) is 10.8 Å². The molecule has 6 heteroatoms. The molecule has 0 amide bonds. The molecule has 0 spiro atoms. The lowest BCUT2D eigenvalue weighted by Gasteiger charge is -2.15. The van der Waals surface area contributed by atoms with Gasteiger partial charge in [-0.2, -0.15) is 0 Å². The van der Waals surface area contributed by atoms with Crippen molar-refractivity contribution < 1.29 is 0 Å². The minimum atomic E-state index is 0.460. The summed E-state index contributed by atoms with van der Waals surface area (Å²) in [6.07, 6.45) is 3.55. The number of hydrogen-bond acceptors (Lipinski definition) is 4. The van der Waals surface area contributed by atoms with Crippen molar-refractivity contribution in [2.24, 2.45) is 10.7 Å². The summed E-state index contributed by atoms with van der Waals surface area (Å²) in [7, 11) is 0. The van der Waals surface area contributed by atoms with Gasteiger partial charge in [0.2, 0.25) is 0 Å². The van der Waals surface area contributed by atoms with Gasteiger partial charge in [-0.15, -0.1) is 0 Å². The number of nitrogen functional groups attached to an aromatic ring is 1. The van der Waals surface area contributed by atoms with E-state index in [4.69, 9.17) is 11.5 Å². The lowest BCUT2D eigenvalue weighted by molar-refractivity contribution is 0.908. The predicted octanol–water partition coefficient (Wildman–Crippen LogP) is 3.74. The van der Waals surface area contributed by atoms with E-state index in [0.717, 1.165) is 44.7 Å². The molecule has 112 valence electrons. The molecule has 0 saturated carbocycles. The fraction of sp³-hybridized carbons (Fsp3) is 0.125. The summed E-state index contributed by atoms with van der Waals surface area (Å²) in [5.41, 5.74) is 15.8. The Hall–Kier alpha value is -1.92.